The van der Waals surface area contributed by atoms with Crippen LogP contribution in [0.1, 0.15) is 24.2 Å². The summed E-state index contributed by atoms with van der Waals surface area (Å²) in [6.07, 6.45) is -2.43. The van der Waals surface area contributed by atoms with Gasteiger partial charge >= 0.3 is 5.97 Å². The predicted octanol–water partition coefficient (Wildman–Crippen LogP) is 1.08. The molecule has 0 radical (unpaired) electrons. The highest BCUT2D eigenvalue weighted by atomic mass is 16.8. The standard InChI is InChI=1S/C15H18O6/c1-15(2)20-11-10(8-16)18-14(12(11)21-15)19-13(17)9-6-4-3-5-7-9/h3-7,10-12,14,16H,8H2,1-2H3/t10-,11-,12-,14?/m0/s1. The van der Waals surface area contributed by atoms with Gasteiger partial charge in [-0.05, 0) is 26.0 Å². The molecule has 2 fully saturated rings. The smallest absolute Gasteiger partial charge is 0.340 e. The molecule has 0 saturated carbocycles. The van der Waals surface area contributed by atoms with Crippen molar-refractivity contribution >= 4 is 5.97 Å². The first-order chi connectivity index (χ1) is 10.00. The number of aliphatic hydroxyl groups excluding tert-OH is 1. The van der Waals surface area contributed by atoms with E-state index in [1.165, 1.54) is 0 Å². The molecule has 1 aromatic carbocycles. The van der Waals surface area contributed by atoms with Crippen LogP contribution in [-0.4, -0.2) is 48.1 Å². The Kier molecular flexibility index (Phi) is 3.71. The second-order valence-electron chi connectivity index (χ2n) is 5.56. The fourth-order valence-corrected chi connectivity index (χ4v) is 2.63. The minimum absolute atomic E-state index is 0.222. The van der Waals surface area contributed by atoms with E-state index < -0.39 is 36.4 Å². The van der Waals surface area contributed by atoms with Gasteiger partial charge in [-0.2, -0.15) is 0 Å². The van der Waals surface area contributed by atoms with Crippen molar-refractivity contribution in [2.45, 2.75) is 44.2 Å². The number of aliphatic hydroxyl groups is 1. The summed E-state index contributed by atoms with van der Waals surface area (Å²) in [5, 5.41) is 9.35. The Morgan fingerprint density at radius 3 is 2.57 bits per heavy atom. The Bertz CT molecular complexity index is 514. The van der Waals surface area contributed by atoms with E-state index in [9.17, 15) is 9.90 Å². The maximum absolute atomic E-state index is 12.1. The minimum Gasteiger partial charge on any atom is -0.429 e. The van der Waals surface area contributed by atoms with E-state index in [1.807, 2.05) is 6.07 Å². The van der Waals surface area contributed by atoms with Crippen molar-refractivity contribution in [1.82, 2.24) is 0 Å². The van der Waals surface area contributed by atoms with Crippen molar-refractivity contribution in [2.24, 2.45) is 0 Å². The fourth-order valence-electron chi connectivity index (χ4n) is 2.63. The summed E-state index contributed by atoms with van der Waals surface area (Å²) in [6, 6.07) is 8.65. The summed E-state index contributed by atoms with van der Waals surface area (Å²) in [5.41, 5.74) is 0.434. The van der Waals surface area contributed by atoms with E-state index in [0.717, 1.165) is 0 Å². The summed E-state index contributed by atoms with van der Waals surface area (Å²) in [6.45, 7) is 3.33. The van der Waals surface area contributed by atoms with Gasteiger partial charge in [-0.1, -0.05) is 18.2 Å². The lowest BCUT2D eigenvalue weighted by Gasteiger charge is -2.23. The number of hydrogen-bond acceptors (Lipinski definition) is 6. The second-order valence-corrected chi connectivity index (χ2v) is 5.56. The Morgan fingerprint density at radius 2 is 1.90 bits per heavy atom. The molecule has 4 atom stereocenters. The number of hydrogen-bond donors (Lipinski definition) is 1. The molecule has 6 nitrogen and oxygen atoms in total. The number of ether oxygens (including phenoxy) is 4. The molecule has 6 heteroatoms. The van der Waals surface area contributed by atoms with Gasteiger partial charge in [0, 0.05) is 0 Å². The third-order valence-corrected chi connectivity index (χ3v) is 3.52. The van der Waals surface area contributed by atoms with E-state index in [0.29, 0.717) is 5.56 Å². The van der Waals surface area contributed by atoms with E-state index in [4.69, 9.17) is 18.9 Å². The molecule has 2 aliphatic rings. The molecular weight excluding hydrogens is 276 g/mol. The molecule has 1 unspecified atom stereocenters. The average molecular weight is 294 g/mol. The van der Waals surface area contributed by atoms with Crippen molar-refractivity contribution in [3.63, 3.8) is 0 Å². The number of carbonyl (C=O) groups is 1. The maximum Gasteiger partial charge on any atom is 0.340 e. The summed E-state index contributed by atoms with van der Waals surface area (Å²) in [7, 11) is 0. The highest BCUT2D eigenvalue weighted by molar-refractivity contribution is 5.89. The normalized spacial score (nSPS) is 33.7. The summed E-state index contributed by atoms with van der Waals surface area (Å²) < 4.78 is 22.3. The number of esters is 1. The first kappa shape index (κ1) is 14.5. The zero-order chi connectivity index (χ0) is 15.0. The third-order valence-electron chi connectivity index (χ3n) is 3.52. The summed E-state index contributed by atoms with van der Waals surface area (Å²) in [5.74, 6) is -1.28. The molecule has 2 aliphatic heterocycles. The molecule has 0 aliphatic carbocycles. The van der Waals surface area contributed by atoms with E-state index in [2.05, 4.69) is 0 Å². The van der Waals surface area contributed by atoms with Crippen molar-refractivity contribution in [2.75, 3.05) is 6.61 Å². The predicted molar refractivity (Wildman–Crippen MR) is 71.4 cm³/mol. The van der Waals surface area contributed by atoms with Gasteiger partial charge in [0.1, 0.15) is 12.2 Å². The van der Waals surface area contributed by atoms with E-state index in [-0.39, 0.29) is 6.61 Å². The third kappa shape index (κ3) is 2.80. The molecule has 21 heavy (non-hydrogen) atoms. The van der Waals surface area contributed by atoms with E-state index in [1.54, 1.807) is 38.1 Å². The van der Waals surface area contributed by atoms with Crippen LogP contribution in [0.2, 0.25) is 0 Å². The molecule has 0 amide bonds. The molecule has 1 N–H and O–H groups in total. The zero-order valence-corrected chi connectivity index (χ0v) is 11.9. The lowest BCUT2D eigenvalue weighted by atomic mass is 10.1. The van der Waals surface area contributed by atoms with Crippen LogP contribution in [-0.2, 0) is 18.9 Å². The molecule has 0 spiro atoms. The SMILES string of the molecule is CC1(C)O[C@H]2[C@H](CO)OC(OC(=O)c3ccccc3)[C@H]2O1. The Morgan fingerprint density at radius 1 is 1.24 bits per heavy atom. The van der Waals surface area contributed by atoms with Gasteiger partial charge in [0.25, 0.3) is 0 Å². The molecule has 114 valence electrons. The Labute approximate surface area is 122 Å². The summed E-state index contributed by atoms with van der Waals surface area (Å²) in [4.78, 5) is 12.1. The van der Waals surface area contributed by atoms with Crippen LogP contribution >= 0.6 is 0 Å². The van der Waals surface area contributed by atoms with Gasteiger partial charge in [-0.3, -0.25) is 0 Å². The molecule has 0 bridgehead atoms. The van der Waals surface area contributed by atoms with Crippen molar-refractivity contribution < 1.29 is 28.8 Å². The molecule has 2 saturated heterocycles. The van der Waals surface area contributed by atoms with Gasteiger partial charge in [0.05, 0.1) is 12.2 Å². The van der Waals surface area contributed by atoms with Crippen LogP contribution in [0.15, 0.2) is 30.3 Å². The topological polar surface area (TPSA) is 74.2 Å². The van der Waals surface area contributed by atoms with Crippen molar-refractivity contribution in [3.8, 4) is 0 Å². The van der Waals surface area contributed by atoms with E-state index >= 15 is 0 Å². The fraction of sp³-hybridized carbons (Fsp3) is 0.533. The average Bonchev–Trinajstić information content (AvgIpc) is 2.94. The quantitative estimate of drug-likeness (QED) is 0.841. The van der Waals surface area contributed by atoms with Gasteiger partial charge in [-0.25, -0.2) is 4.79 Å². The van der Waals surface area contributed by atoms with Gasteiger partial charge in [-0.15, -0.1) is 0 Å². The van der Waals surface area contributed by atoms with Gasteiger partial charge in [0.2, 0.25) is 6.29 Å². The zero-order valence-electron chi connectivity index (χ0n) is 11.9. The van der Waals surface area contributed by atoms with Crippen LogP contribution in [0, 0.1) is 0 Å². The first-order valence-electron chi connectivity index (χ1n) is 6.88. The molecule has 0 aromatic heterocycles. The lowest BCUT2D eigenvalue weighted by molar-refractivity contribution is -0.223. The summed E-state index contributed by atoms with van der Waals surface area (Å²) >= 11 is 0. The number of rotatable bonds is 3. The van der Waals surface area contributed by atoms with Crippen molar-refractivity contribution in [3.05, 3.63) is 35.9 Å². The molecular formula is C15H18O6. The maximum atomic E-state index is 12.1. The van der Waals surface area contributed by atoms with Crippen LogP contribution < -0.4 is 0 Å². The largest absolute Gasteiger partial charge is 0.429 e. The molecule has 2 heterocycles. The molecule has 3 rings (SSSR count). The first-order valence-corrected chi connectivity index (χ1v) is 6.88. The van der Waals surface area contributed by atoms with Crippen LogP contribution in [0.3, 0.4) is 0 Å². The van der Waals surface area contributed by atoms with Gasteiger partial charge < -0.3 is 24.1 Å². The number of carbonyl (C=O) groups excluding carboxylic acids is 1. The van der Waals surface area contributed by atoms with Crippen molar-refractivity contribution in [1.29, 1.82) is 0 Å². The second kappa shape index (κ2) is 5.38. The number of fused-ring (bicyclic) bond motifs is 1. The minimum atomic E-state index is -0.887. The lowest BCUT2D eigenvalue weighted by Crippen LogP contribution is -2.33. The Hall–Kier alpha value is -1.47. The number of benzene rings is 1. The molecule has 1 aromatic rings. The van der Waals surface area contributed by atoms with Crippen LogP contribution in [0.4, 0.5) is 0 Å². The highest BCUT2D eigenvalue weighted by Gasteiger charge is 2.56. The highest BCUT2D eigenvalue weighted by Crippen LogP contribution is 2.39. The van der Waals surface area contributed by atoms with Crippen LogP contribution in [0.25, 0.3) is 0 Å². The monoisotopic (exact) mass is 294 g/mol. The van der Waals surface area contributed by atoms with Crippen LogP contribution in [0.5, 0.6) is 0 Å². The Balaban J connectivity index is 1.72. The van der Waals surface area contributed by atoms with Gasteiger partial charge in [0.15, 0.2) is 11.9 Å².